The summed E-state index contributed by atoms with van der Waals surface area (Å²) in [6.07, 6.45) is 3.96. The van der Waals surface area contributed by atoms with Crippen LogP contribution in [0.15, 0.2) is 24.4 Å². The lowest BCUT2D eigenvalue weighted by Gasteiger charge is -2.26. The van der Waals surface area contributed by atoms with Crippen LogP contribution in [0.2, 0.25) is 15.1 Å². The number of nitrogens with zero attached hydrogens (tertiary/aromatic N) is 2. The van der Waals surface area contributed by atoms with Gasteiger partial charge in [0.15, 0.2) is 0 Å². The Labute approximate surface area is 178 Å². The van der Waals surface area contributed by atoms with Gasteiger partial charge >= 0.3 is 0 Å². The third-order valence-electron chi connectivity index (χ3n) is 4.70. The molecule has 3 heterocycles. The van der Waals surface area contributed by atoms with Crippen molar-refractivity contribution in [3.63, 3.8) is 0 Å². The molecule has 0 bridgehead atoms. The second-order valence-corrected chi connectivity index (χ2v) is 7.67. The Bertz CT molecular complexity index is 947. The normalized spacial score (nSPS) is 19.4. The highest BCUT2D eigenvalue weighted by Gasteiger charge is 2.22. The van der Waals surface area contributed by atoms with Gasteiger partial charge in [-0.25, -0.2) is 9.97 Å². The highest BCUT2D eigenvalue weighted by atomic mass is 35.5. The predicted molar refractivity (Wildman–Crippen MR) is 115 cm³/mol. The van der Waals surface area contributed by atoms with E-state index in [1.54, 1.807) is 6.07 Å². The van der Waals surface area contributed by atoms with Crippen molar-refractivity contribution < 1.29 is 5.48 Å². The molecule has 0 radical (unpaired) electrons. The maximum atomic E-state index is 6.35. The van der Waals surface area contributed by atoms with E-state index in [4.69, 9.17) is 39.8 Å². The van der Waals surface area contributed by atoms with Crippen molar-refractivity contribution in [3.8, 4) is 11.3 Å². The van der Waals surface area contributed by atoms with Crippen molar-refractivity contribution in [2.24, 2.45) is 0 Å². The summed E-state index contributed by atoms with van der Waals surface area (Å²) in [4.78, 5) is 12.7. The zero-order chi connectivity index (χ0) is 17.6. The van der Waals surface area contributed by atoms with Crippen molar-refractivity contribution in [3.05, 3.63) is 45.3 Å². The second-order valence-electron chi connectivity index (χ2n) is 6.51. The fourth-order valence-electron chi connectivity index (χ4n) is 3.38. The van der Waals surface area contributed by atoms with E-state index in [0.717, 1.165) is 47.5 Å². The molecule has 1 aromatic carbocycles. The van der Waals surface area contributed by atoms with Crippen molar-refractivity contribution >= 4 is 58.2 Å². The number of piperidine rings is 1. The van der Waals surface area contributed by atoms with E-state index in [1.165, 1.54) is 0 Å². The minimum atomic E-state index is 0. The third kappa shape index (κ3) is 4.34. The number of aromatic amines is 1. The highest BCUT2D eigenvalue weighted by molar-refractivity contribution is 6.49. The molecule has 1 fully saturated rings. The molecule has 3 aromatic rings. The van der Waals surface area contributed by atoms with E-state index in [1.807, 2.05) is 18.3 Å². The van der Waals surface area contributed by atoms with Crippen molar-refractivity contribution in [2.75, 3.05) is 6.54 Å². The van der Waals surface area contributed by atoms with Gasteiger partial charge in [-0.2, -0.15) is 0 Å². The maximum Gasteiger partial charge on any atom is 0.132 e. The molecular weight excluding hydrogens is 430 g/mol. The predicted octanol–water partition coefficient (Wildman–Crippen LogP) is 5.04. The fraction of sp³-hybridized carbons (Fsp3) is 0.333. The van der Waals surface area contributed by atoms with Crippen molar-refractivity contribution in [1.82, 2.24) is 20.3 Å². The monoisotopic (exact) mass is 448 g/mol. The number of aromatic nitrogens is 3. The van der Waals surface area contributed by atoms with Crippen LogP contribution in [0, 0.1) is 0 Å². The third-order valence-corrected chi connectivity index (χ3v) is 6.00. The summed E-state index contributed by atoms with van der Waals surface area (Å²) in [7, 11) is 0. The van der Waals surface area contributed by atoms with Crippen LogP contribution in [-0.2, 0) is 0 Å². The number of hydrogen-bond donors (Lipinski definition) is 2. The first-order valence-electron chi connectivity index (χ1n) is 8.26. The average molecular weight is 450 g/mol. The molecule has 0 amide bonds. The summed E-state index contributed by atoms with van der Waals surface area (Å²) >= 11 is 18.5. The minimum Gasteiger partial charge on any atom is -0.412 e. The van der Waals surface area contributed by atoms with Gasteiger partial charge in [-0.1, -0.05) is 34.8 Å². The maximum absolute atomic E-state index is 6.35. The molecule has 0 saturated carbocycles. The quantitative estimate of drug-likeness (QED) is 0.537. The fourth-order valence-corrected chi connectivity index (χ4v) is 4.01. The summed E-state index contributed by atoms with van der Waals surface area (Å²) in [6.45, 7) is 3.20. The van der Waals surface area contributed by atoms with E-state index < -0.39 is 0 Å². The molecule has 2 atom stereocenters. The van der Waals surface area contributed by atoms with Gasteiger partial charge in [0.2, 0.25) is 0 Å². The number of benzene rings is 1. The first-order valence-corrected chi connectivity index (χ1v) is 9.39. The van der Waals surface area contributed by atoms with Crippen molar-refractivity contribution in [2.45, 2.75) is 31.7 Å². The van der Waals surface area contributed by atoms with Crippen LogP contribution in [-0.4, -0.2) is 33.0 Å². The summed E-state index contributed by atoms with van der Waals surface area (Å²) in [5, 5.41) is 4.69. The van der Waals surface area contributed by atoms with Gasteiger partial charge in [0.05, 0.1) is 32.3 Å². The topological polar surface area (TPSA) is 85.1 Å². The Morgan fingerprint density at radius 3 is 2.67 bits per heavy atom. The van der Waals surface area contributed by atoms with Gasteiger partial charge in [-0.3, -0.25) is 0 Å². The van der Waals surface area contributed by atoms with Crippen LogP contribution < -0.4 is 5.32 Å². The van der Waals surface area contributed by atoms with Crippen LogP contribution in [0.5, 0.6) is 0 Å². The van der Waals surface area contributed by atoms with E-state index >= 15 is 0 Å². The standard InChI is InChI=1S/C18H17Cl3N4.ClH.H2O/c1-9-6-10(4-5-22-9)18-23-8-15-14(25-18)7-13(24-15)11-2-3-12(19)17(21)16(11)20;;/h2-3,7-10,22,24H,4-6H2,1H3;1H;1H2. The van der Waals surface area contributed by atoms with E-state index in [0.29, 0.717) is 27.0 Å². The molecule has 2 unspecified atom stereocenters. The van der Waals surface area contributed by atoms with Gasteiger partial charge in [0, 0.05) is 23.2 Å². The number of halogens is 4. The molecule has 1 aliphatic heterocycles. The van der Waals surface area contributed by atoms with Crippen LogP contribution >= 0.6 is 47.2 Å². The SMILES string of the molecule is CC1CC(c2ncc3[nH]c(-c4ccc(Cl)c(Cl)c4Cl)cc3n2)CCN1.Cl.O. The molecule has 9 heteroatoms. The molecule has 4 N–H and O–H groups in total. The van der Waals surface area contributed by atoms with Crippen LogP contribution in [0.3, 0.4) is 0 Å². The first-order chi connectivity index (χ1) is 12.0. The zero-order valence-corrected chi connectivity index (χ0v) is 17.6. The summed E-state index contributed by atoms with van der Waals surface area (Å²) < 4.78 is 0. The molecule has 0 aliphatic carbocycles. The molecule has 2 aromatic heterocycles. The van der Waals surface area contributed by atoms with Crippen LogP contribution in [0.1, 0.15) is 31.5 Å². The number of hydrogen-bond acceptors (Lipinski definition) is 3. The molecule has 5 nitrogen and oxygen atoms in total. The van der Waals surface area contributed by atoms with Crippen molar-refractivity contribution in [1.29, 1.82) is 0 Å². The van der Waals surface area contributed by atoms with Crippen LogP contribution in [0.25, 0.3) is 22.3 Å². The molecule has 27 heavy (non-hydrogen) atoms. The average Bonchev–Trinajstić information content (AvgIpc) is 3.02. The summed E-state index contributed by atoms with van der Waals surface area (Å²) in [5.41, 5.74) is 3.41. The van der Waals surface area contributed by atoms with Gasteiger partial charge in [0.1, 0.15) is 5.82 Å². The van der Waals surface area contributed by atoms with Gasteiger partial charge < -0.3 is 15.8 Å². The molecule has 1 saturated heterocycles. The smallest absolute Gasteiger partial charge is 0.132 e. The number of fused-ring (bicyclic) bond motifs is 1. The largest absolute Gasteiger partial charge is 0.412 e. The Balaban J connectivity index is 0.00000131. The van der Waals surface area contributed by atoms with E-state index in [9.17, 15) is 0 Å². The lowest BCUT2D eigenvalue weighted by atomic mass is 9.92. The lowest BCUT2D eigenvalue weighted by Crippen LogP contribution is -2.35. The van der Waals surface area contributed by atoms with Gasteiger partial charge in [0.25, 0.3) is 0 Å². The number of nitrogens with one attached hydrogen (secondary N) is 2. The Kier molecular flexibility index (Phi) is 7.36. The molecular formula is C18H20Cl4N4O. The van der Waals surface area contributed by atoms with Gasteiger partial charge in [-0.15, -0.1) is 12.4 Å². The summed E-state index contributed by atoms with van der Waals surface area (Å²) in [6, 6.07) is 6.07. The van der Waals surface area contributed by atoms with E-state index in [-0.39, 0.29) is 17.9 Å². The van der Waals surface area contributed by atoms with Crippen LogP contribution in [0.4, 0.5) is 0 Å². The molecule has 1 aliphatic rings. The second kappa shape index (κ2) is 8.95. The number of rotatable bonds is 2. The molecule has 0 spiro atoms. The minimum absolute atomic E-state index is 0. The number of H-pyrrole nitrogens is 1. The zero-order valence-electron chi connectivity index (χ0n) is 14.5. The highest BCUT2D eigenvalue weighted by Crippen LogP contribution is 2.38. The Hall–Kier alpha value is -1.08. The molecule has 4 rings (SSSR count). The summed E-state index contributed by atoms with van der Waals surface area (Å²) in [5.74, 6) is 1.30. The Morgan fingerprint density at radius 2 is 1.93 bits per heavy atom. The molecule has 146 valence electrons. The Morgan fingerprint density at radius 1 is 1.15 bits per heavy atom. The van der Waals surface area contributed by atoms with E-state index in [2.05, 4.69) is 22.2 Å². The van der Waals surface area contributed by atoms with Gasteiger partial charge in [-0.05, 0) is 44.5 Å². The first kappa shape index (κ1) is 22.2. The lowest BCUT2D eigenvalue weighted by molar-refractivity contribution is 0.371.